The summed E-state index contributed by atoms with van der Waals surface area (Å²) in [6.07, 6.45) is 0. The number of phenolic OH excluding ortho intramolecular Hbond substituents is 1. The summed E-state index contributed by atoms with van der Waals surface area (Å²) >= 11 is 0. The summed E-state index contributed by atoms with van der Waals surface area (Å²) in [6, 6.07) is 23.7. The molecule has 26 heavy (non-hydrogen) atoms. The average Bonchev–Trinajstić information content (AvgIpc) is 2.66. The number of nitrogens with two attached hydrogens (primary N) is 1. The Bertz CT molecular complexity index is 869. The second-order valence-electron chi connectivity index (χ2n) is 5.80. The second kappa shape index (κ2) is 9.04. The molecule has 0 unspecified atom stereocenters. The van der Waals surface area contributed by atoms with Crippen LogP contribution < -0.4 is 11.1 Å². The number of carbonyl (C=O) groups is 1. The number of hydrogen-bond donors (Lipinski definition) is 3. The van der Waals surface area contributed by atoms with E-state index in [1.165, 1.54) is 0 Å². The quantitative estimate of drug-likeness (QED) is 0.639. The second-order valence-corrected chi connectivity index (χ2v) is 5.80. The normalized spacial score (nSPS) is 11.3. The maximum Gasteiger partial charge on any atom is 0.251 e. The molecule has 0 aromatic heterocycles. The monoisotopic (exact) mass is 368 g/mol. The minimum absolute atomic E-state index is 0. The Labute approximate surface area is 159 Å². The van der Waals surface area contributed by atoms with Gasteiger partial charge in [-0.1, -0.05) is 54.6 Å². The first kappa shape index (κ1) is 19.5. The van der Waals surface area contributed by atoms with E-state index in [9.17, 15) is 9.90 Å². The largest absolute Gasteiger partial charge is 0.508 e. The van der Waals surface area contributed by atoms with Crippen LogP contribution in [-0.2, 0) is 0 Å². The molecule has 4 N–H and O–H groups in total. The van der Waals surface area contributed by atoms with Crippen molar-refractivity contribution < 1.29 is 9.90 Å². The van der Waals surface area contributed by atoms with E-state index >= 15 is 0 Å². The van der Waals surface area contributed by atoms with Crippen LogP contribution in [0.25, 0.3) is 11.1 Å². The van der Waals surface area contributed by atoms with Crippen LogP contribution >= 0.6 is 12.4 Å². The van der Waals surface area contributed by atoms with Crippen LogP contribution in [0.1, 0.15) is 22.0 Å². The smallest absolute Gasteiger partial charge is 0.251 e. The SMILES string of the molecule is Cl.NC[C@H](NC(=O)c1cccc(-c2cccc(O)c2)c1)c1ccccc1. The van der Waals surface area contributed by atoms with E-state index in [1.807, 2.05) is 54.6 Å². The zero-order chi connectivity index (χ0) is 17.6. The summed E-state index contributed by atoms with van der Waals surface area (Å²) in [5, 5.41) is 12.6. The fraction of sp³-hybridized carbons (Fsp3) is 0.0952. The van der Waals surface area contributed by atoms with Gasteiger partial charge in [0.25, 0.3) is 5.91 Å². The molecule has 0 aliphatic heterocycles. The summed E-state index contributed by atoms with van der Waals surface area (Å²) in [5.41, 5.74) is 9.07. The number of rotatable bonds is 5. The Morgan fingerprint density at radius 3 is 2.23 bits per heavy atom. The molecule has 134 valence electrons. The first-order valence-corrected chi connectivity index (χ1v) is 8.12. The number of nitrogens with one attached hydrogen (secondary N) is 1. The highest BCUT2D eigenvalue weighted by Crippen LogP contribution is 2.24. The number of benzene rings is 3. The maximum atomic E-state index is 12.6. The highest BCUT2D eigenvalue weighted by Gasteiger charge is 2.14. The standard InChI is InChI=1S/C21H20N2O2.ClH/c22-14-20(15-6-2-1-3-7-15)23-21(25)18-10-4-8-16(12-18)17-9-5-11-19(24)13-17;/h1-13,20,24H,14,22H2,(H,23,25);1H/t20-;/m0./s1. The summed E-state index contributed by atoms with van der Waals surface area (Å²) in [7, 11) is 0. The third-order valence-electron chi connectivity index (χ3n) is 4.05. The van der Waals surface area contributed by atoms with Crippen molar-refractivity contribution in [2.45, 2.75) is 6.04 Å². The highest BCUT2D eigenvalue weighted by molar-refractivity contribution is 5.95. The van der Waals surface area contributed by atoms with Gasteiger partial charge in [-0.25, -0.2) is 0 Å². The van der Waals surface area contributed by atoms with Crippen molar-refractivity contribution in [3.05, 3.63) is 90.0 Å². The van der Waals surface area contributed by atoms with Crippen LogP contribution in [0.15, 0.2) is 78.9 Å². The molecule has 3 rings (SSSR count). The first-order valence-electron chi connectivity index (χ1n) is 8.12. The van der Waals surface area contributed by atoms with Gasteiger partial charge in [0.2, 0.25) is 0 Å². The van der Waals surface area contributed by atoms with E-state index in [2.05, 4.69) is 5.32 Å². The molecule has 1 amide bonds. The Morgan fingerprint density at radius 2 is 1.58 bits per heavy atom. The van der Waals surface area contributed by atoms with Gasteiger partial charge in [0.15, 0.2) is 0 Å². The van der Waals surface area contributed by atoms with E-state index < -0.39 is 0 Å². The molecular weight excluding hydrogens is 348 g/mol. The molecular formula is C21H21ClN2O2. The molecule has 0 saturated carbocycles. The van der Waals surface area contributed by atoms with Crippen LogP contribution in [0.5, 0.6) is 5.75 Å². The third-order valence-corrected chi connectivity index (χ3v) is 4.05. The molecule has 3 aromatic carbocycles. The van der Waals surface area contributed by atoms with Crippen LogP contribution in [0, 0.1) is 0 Å². The van der Waals surface area contributed by atoms with Gasteiger partial charge >= 0.3 is 0 Å². The lowest BCUT2D eigenvalue weighted by atomic mass is 10.0. The van der Waals surface area contributed by atoms with Gasteiger partial charge in [-0.3, -0.25) is 4.79 Å². The average molecular weight is 369 g/mol. The van der Waals surface area contributed by atoms with E-state index in [0.717, 1.165) is 16.7 Å². The van der Waals surface area contributed by atoms with Crippen LogP contribution in [0.4, 0.5) is 0 Å². The molecule has 0 radical (unpaired) electrons. The van der Waals surface area contributed by atoms with Gasteiger partial charge < -0.3 is 16.2 Å². The van der Waals surface area contributed by atoms with Crippen molar-refractivity contribution in [1.29, 1.82) is 0 Å². The van der Waals surface area contributed by atoms with Crippen molar-refractivity contribution in [2.75, 3.05) is 6.54 Å². The topological polar surface area (TPSA) is 75.3 Å². The van der Waals surface area contributed by atoms with E-state index in [0.29, 0.717) is 12.1 Å². The zero-order valence-corrected chi connectivity index (χ0v) is 14.9. The van der Waals surface area contributed by atoms with Gasteiger partial charge in [-0.05, 0) is 41.0 Å². The molecule has 0 bridgehead atoms. The van der Waals surface area contributed by atoms with Gasteiger partial charge in [0, 0.05) is 12.1 Å². The molecule has 0 aliphatic carbocycles. The Hall–Kier alpha value is -2.82. The minimum Gasteiger partial charge on any atom is -0.508 e. The number of phenols is 1. The predicted octanol–water partition coefficient (Wildman–Crippen LogP) is 3.91. The Balaban J connectivity index is 0.00000243. The molecule has 0 spiro atoms. The molecule has 3 aromatic rings. The van der Waals surface area contributed by atoms with Crippen molar-refractivity contribution in [3.8, 4) is 16.9 Å². The lowest BCUT2D eigenvalue weighted by Gasteiger charge is -2.17. The lowest BCUT2D eigenvalue weighted by Crippen LogP contribution is -2.33. The molecule has 0 heterocycles. The minimum atomic E-state index is -0.238. The third kappa shape index (κ3) is 4.63. The maximum absolute atomic E-state index is 12.6. The number of halogens is 1. The fourth-order valence-electron chi connectivity index (χ4n) is 2.73. The van der Waals surface area contributed by atoms with E-state index in [1.54, 1.807) is 24.3 Å². The first-order chi connectivity index (χ1) is 12.2. The van der Waals surface area contributed by atoms with Gasteiger partial charge in [0.1, 0.15) is 5.75 Å². The molecule has 0 saturated heterocycles. The fourth-order valence-corrected chi connectivity index (χ4v) is 2.73. The van der Waals surface area contributed by atoms with Crippen molar-refractivity contribution >= 4 is 18.3 Å². The number of carbonyl (C=O) groups excluding carboxylic acids is 1. The molecule has 1 atom stereocenters. The lowest BCUT2D eigenvalue weighted by molar-refractivity contribution is 0.0938. The van der Waals surface area contributed by atoms with Crippen LogP contribution in [-0.4, -0.2) is 17.6 Å². The van der Waals surface area contributed by atoms with Crippen LogP contribution in [0.2, 0.25) is 0 Å². The summed E-state index contributed by atoms with van der Waals surface area (Å²) in [6.45, 7) is 0.321. The van der Waals surface area contributed by atoms with Crippen molar-refractivity contribution in [1.82, 2.24) is 5.32 Å². The van der Waals surface area contributed by atoms with Gasteiger partial charge in [-0.15, -0.1) is 12.4 Å². The van der Waals surface area contributed by atoms with Gasteiger partial charge in [0.05, 0.1) is 6.04 Å². The Morgan fingerprint density at radius 1 is 0.923 bits per heavy atom. The Kier molecular flexibility index (Phi) is 6.78. The van der Waals surface area contributed by atoms with Crippen LogP contribution in [0.3, 0.4) is 0 Å². The number of aromatic hydroxyl groups is 1. The summed E-state index contributed by atoms with van der Waals surface area (Å²) in [4.78, 5) is 12.6. The van der Waals surface area contributed by atoms with Crippen molar-refractivity contribution in [2.24, 2.45) is 5.73 Å². The predicted molar refractivity (Wildman–Crippen MR) is 106 cm³/mol. The summed E-state index contributed by atoms with van der Waals surface area (Å²) in [5.74, 6) is 0.0148. The van der Waals surface area contributed by atoms with E-state index in [4.69, 9.17) is 5.73 Å². The molecule has 0 aliphatic rings. The van der Waals surface area contributed by atoms with E-state index in [-0.39, 0.29) is 30.1 Å². The van der Waals surface area contributed by atoms with Gasteiger partial charge in [-0.2, -0.15) is 0 Å². The highest BCUT2D eigenvalue weighted by atomic mass is 35.5. The summed E-state index contributed by atoms with van der Waals surface area (Å²) < 4.78 is 0. The van der Waals surface area contributed by atoms with Crippen molar-refractivity contribution in [3.63, 3.8) is 0 Å². The molecule has 4 nitrogen and oxygen atoms in total. The number of amides is 1. The number of hydrogen-bond acceptors (Lipinski definition) is 3. The molecule has 0 fully saturated rings. The molecule has 5 heteroatoms. The zero-order valence-electron chi connectivity index (χ0n) is 14.1.